The lowest BCUT2D eigenvalue weighted by atomic mass is 10.2. The largest absolute Gasteiger partial charge is 0.355 e. The van der Waals surface area contributed by atoms with Gasteiger partial charge in [0.2, 0.25) is 5.91 Å². The molecule has 0 saturated heterocycles. The maximum Gasteiger partial charge on any atom is 0.237 e. The van der Waals surface area contributed by atoms with E-state index in [1.807, 2.05) is 20.8 Å². The quantitative estimate of drug-likeness (QED) is 0.618. The molecule has 4 nitrogen and oxygen atoms in total. The number of carbonyl (C=O) groups excluding carboxylic acids is 1. The number of likely N-dealkylation sites (N-methyl/N-ethyl adjacent to an activating group) is 1. The molecular weight excluding hydrogens is 178 g/mol. The van der Waals surface area contributed by atoms with Crippen molar-refractivity contribution in [3.05, 3.63) is 0 Å². The zero-order valence-electron chi connectivity index (χ0n) is 9.55. The van der Waals surface area contributed by atoms with Gasteiger partial charge in [-0.05, 0) is 19.9 Å². The third-order valence-corrected chi connectivity index (χ3v) is 2.30. The summed E-state index contributed by atoms with van der Waals surface area (Å²) in [5, 5.41) is 2.88. The molecule has 0 bridgehead atoms. The van der Waals surface area contributed by atoms with E-state index in [2.05, 4.69) is 10.2 Å². The molecule has 0 aliphatic heterocycles. The molecule has 1 unspecified atom stereocenters. The van der Waals surface area contributed by atoms with Crippen LogP contribution in [0.2, 0.25) is 0 Å². The molecule has 0 rings (SSSR count). The maximum atomic E-state index is 11.6. The van der Waals surface area contributed by atoms with Gasteiger partial charge in [0, 0.05) is 19.6 Å². The molecule has 1 amide bonds. The Bertz CT molecular complexity index is 161. The Labute approximate surface area is 86.8 Å². The normalized spacial score (nSPS) is 12.9. The van der Waals surface area contributed by atoms with E-state index < -0.39 is 0 Å². The molecule has 0 heterocycles. The highest BCUT2D eigenvalue weighted by atomic mass is 16.2. The average molecular weight is 201 g/mol. The van der Waals surface area contributed by atoms with E-state index >= 15 is 0 Å². The SMILES string of the molecule is CCCNC(=O)C(C)N(CC)CCN. The smallest absolute Gasteiger partial charge is 0.237 e. The number of nitrogens with one attached hydrogen (secondary N) is 1. The summed E-state index contributed by atoms with van der Waals surface area (Å²) < 4.78 is 0. The van der Waals surface area contributed by atoms with Crippen molar-refractivity contribution in [2.75, 3.05) is 26.2 Å². The standard InChI is InChI=1S/C10H23N3O/c1-4-7-12-10(14)9(3)13(5-2)8-6-11/h9H,4-8,11H2,1-3H3,(H,12,14). The fourth-order valence-electron chi connectivity index (χ4n) is 1.35. The third-order valence-electron chi connectivity index (χ3n) is 2.30. The monoisotopic (exact) mass is 201 g/mol. The average Bonchev–Trinajstić information content (AvgIpc) is 2.21. The van der Waals surface area contributed by atoms with Crippen LogP contribution in [0.4, 0.5) is 0 Å². The lowest BCUT2D eigenvalue weighted by Gasteiger charge is -2.26. The van der Waals surface area contributed by atoms with Crippen molar-refractivity contribution in [3.8, 4) is 0 Å². The van der Waals surface area contributed by atoms with Crippen LogP contribution in [0.15, 0.2) is 0 Å². The van der Waals surface area contributed by atoms with E-state index in [9.17, 15) is 4.79 Å². The molecule has 0 aromatic heterocycles. The van der Waals surface area contributed by atoms with Crippen molar-refractivity contribution in [1.82, 2.24) is 10.2 Å². The van der Waals surface area contributed by atoms with Crippen molar-refractivity contribution in [3.63, 3.8) is 0 Å². The van der Waals surface area contributed by atoms with Gasteiger partial charge in [-0.2, -0.15) is 0 Å². The van der Waals surface area contributed by atoms with Gasteiger partial charge in [-0.3, -0.25) is 9.69 Å². The van der Waals surface area contributed by atoms with Gasteiger partial charge in [0.1, 0.15) is 0 Å². The highest BCUT2D eigenvalue weighted by molar-refractivity contribution is 5.81. The first-order valence-electron chi connectivity index (χ1n) is 5.39. The molecule has 14 heavy (non-hydrogen) atoms. The summed E-state index contributed by atoms with van der Waals surface area (Å²) in [6.45, 7) is 8.99. The van der Waals surface area contributed by atoms with Crippen molar-refractivity contribution >= 4 is 5.91 Å². The topological polar surface area (TPSA) is 58.4 Å². The minimum absolute atomic E-state index is 0.0740. The molecule has 3 N–H and O–H groups in total. The Morgan fingerprint density at radius 3 is 2.57 bits per heavy atom. The van der Waals surface area contributed by atoms with Crippen LogP contribution in [-0.2, 0) is 4.79 Å². The molecule has 0 radical (unpaired) electrons. The molecule has 0 fully saturated rings. The number of amides is 1. The van der Waals surface area contributed by atoms with Crippen molar-refractivity contribution in [1.29, 1.82) is 0 Å². The Morgan fingerprint density at radius 1 is 1.50 bits per heavy atom. The number of nitrogens with two attached hydrogens (primary N) is 1. The van der Waals surface area contributed by atoms with Crippen LogP contribution in [0.25, 0.3) is 0 Å². The van der Waals surface area contributed by atoms with E-state index in [0.29, 0.717) is 6.54 Å². The van der Waals surface area contributed by atoms with E-state index in [-0.39, 0.29) is 11.9 Å². The molecule has 0 aromatic rings. The van der Waals surface area contributed by atoms with Gasteiger partial charge in [-0.15, -0.1) is 0 Å². The van der Waals surface area contributed by atoms with Gasteiger partial charge in [0.05, 0.1) is 6.04 Å². The number of hydrogen-bond acceptors (Lipinski definition) is 3. The molecule has 0 aliphatic carbocycles. The summed E-state index contributed by atoms with van der Waals surface area (Å²) in [5.41, 5.74) is 5.47. The number of nitrogens with zero attached hydrogens (tertiary/aromatic N) is 1. The van der Waals surface area contributed by atoms with Crippen molar-refractivity contribution < 1.29 is 4.79 Å². The predicted octanol–water partition coefficient (Wildman–Crippen LogP) is 0.182. The summed E-state index contributed by atoms with van der Waals surface area (Å²) >= 11 is 0. The molecule has 0 spiro atoms. The maximum absolute atomic E-state index is 11.6. The van der Waals surface area contributed by atoms with Crippen LogP contribution in [0.5, 0.6) is 0 Å². The van der Waals surface area contributed by atoms with E-state index in [4.69, 9.17) is 5.73 Å². The van der Waals surface area contributed by atoms with Crippen LogP contribution < -0.4 is 11.1 Å². The summed E-state index contributed by atoms with van der Waals surface area (Å²) in [7, 11) is 0. The summed E-state index contributed by atoms with van der Waals surface area (Å²) in [4.78, 5) is 13.7. The highest BCUT2D eigenvalue weighted by Gasteiger charge is 2.18. The van der Waals surface area contributed by atoms with Gasteiger partial charge in [0.25, 0.3) is 0 Å². The molecular formula is C10H23N3O. The first-order chi connectivity index (χ1) is 6.67. The number of carbonyl (C=O) groups is 1. The molecule has 0 aliphatic rings. The summed E-state index contributed by atoms with van der Waals surface area (Å²) in [6, 6.07) is -0.0740. The first kappa shape index (κ1) is 13.4. The van der Waals surface area contributed by atoms with Crippen LogP contribution in [-0.4, -0.2) is 43.0 Å². The fourth-order valence-corrected chi connectivity index (χ4v) is 1.35. The van der Waals surface area contributed by atoms with Gasteiger partial charge < -0.3 is 11.1 Å². The van der Waals surface area contributed by atoms with Gasteiger partial charge >= 0.3 is 0 Å². The van der Waals surface area contributed by atoms with Gasteiger partial charge in [0.15, 0.2) is 0 Å². The zero-order chi connectivity index (χ0) is 11.0. The summed E-state index contributed by atoms with van der Waals surface area (Å²) in [5.74, 6) is 0.0992. The minimum Gasteiger partial charge on any atom is -0.355 e. The first-order valence-corrected chi connectivity index (χ1v) is 5.39. The van der Waals surface area contributed by atoms with Gasteiger partial charge in [-0.1, -0.05) is 13.8 Å². The molecule has 84 valence electrons. The molecule has 4 heteroatoms. The summed E-state index contributed by atoms with van der Waals surface area (Å²) in [6.07, 6.45) is 0.974. The zero-order valence-corrected chi connectivity index (χ0v) is 9.55. The second-order valence-electron chi connectivity index (χ2n) is 3.38. The van der Waals surface area contributed by atoms with Crippen molar-refractivity contribution in [2.24, 2.45) is 5.73 Å². The number of hydrogen-bond donors (Lipinski definition) is 2. The second-order valence-corrected chi connectivity index (χ2v) is 3.38. The fraction of sp³-hybridized carbons (Fsp3) is 0.900. The molecule has 1 atom stereocenters. The van der Waals surface area contributed by atoms with E-state index in [1.54, 1.807) is 0 Å². The highest BCUT2D eigenvalue weighted by Crippen LogP contribution is 1.97. The second kappa shape index (κ2) is 7.76. The third kappa shape index (κ3) is 4.58. The minimum atomic E-state index is -0.0740. The Kier molecular flexibility index (Phi) is 7.42. The lowest BCUT2D eigenvalue weighted by molar-refractivity contribution is -0.125. The Balaban J connectivity index is 3.98. The predicted molar refractivity (Wildman–Crippen MR) is 59.1 cm³/mol. The Hall–Kier alpha value is -0.610. The van der Waals surface area contributed by atoms with E-state index in [0.717, 1.165) is 26.1 Å². The molecule has 0 aromatic carbocycles. The van der Waals surface area contributed by atoms with E-state index in [1.165, 1.54) is 0 Å². The van der Waals surface area contributed by atoms with Crippen molar-refractivity contribution in [2.45, 2.75) is 33.2 Å². The van der Waals surface area contributed by atoms with Crippen LogP contribution in [0, 0.1) is 0 Å². The lowest BCUT2D eigenvalue weighted by Crippen LogP contribution is -2.46. The van der Waals surface area contributed by atoms with Crippen LogP contribution in [0.1, 0.15) is 27.2 Å². The molecule has 0 saturated carbocycles. The van der Waals surface area contributed by atoms with Gasteiger partial charge in [-0.25, -0.2) is 0 Å². The van der Waals surface area contributed by atoms with Crippen LogP contribution >= 0.6 is 0 Å². The number of rotatable bonds is 7. The Morgan fingerprint density at radius 2 is 2.14 bits per heavy atom. The van der Waals surface area contributed by atoms with Crippen LogP contribution in [0.3, 0.4) is 0 Å².